The summed E-state index contributed by atoms with van der Waals surface area (Å²) in [4.78, 5) is 24.6. The first-order valence-electron chi connectivity index (χ1n) is 8.42. The predicted molar refractivity (Wildman–Crippen MR) is 104 cm³/mol. The molecule has 0 saturated heterocycles. The first kappa shape index (κ1) is 20.6. The van der Waals surface area contributed by atoms with Gasteiger partial charge in [-0.25, -0.2) is 4.79 Å². The van der Waals surface area contributed by atoms with E-state index < -0.39 is 23.5 Å². The summed E-state index contributed by atoms with van der Waals surface area (Å²) >= 11 is 3.36. The molecule has 0 unspecified atom stereocenters. The minimum Gasteiger partial charge on any atom is -0.448 e. The van der Waals surface area contributed by atoms with Gasteiger partial charge < -0.3 is 10.1 Å². The van der Waals surface area contributed by atoms with Crippen LogP contribution in [0.4, 0.5) is 0 Å². The molecule has 1 heterocycles. The van der Waals surface area contributed by atoms with Crippen molar-refractivity contribution in [2.24, 2.45) is 5.92 Å². The van der Waals surface area contributed by atoms with Gasteiger partial charge in [-0.2, -0.15) is 10.4 Å². The van der Waals surface area contributed by atoms with Crippen molar-refractivity contribution in [3.63, 3.8) is 0 Å². The molecule has 2 rings (SSSR count). The van der Waals surface area contributed by atoms with Crippen molar-refractivity contribution in [2.45, 2.75) is 39.3 Å². The Bertz CT molecular complexity index is 870. The molecule has 0 aliphatic rings. The predicted octanol–water partition coefficient (Wildman–Crippen LogP) is 3.44. The number of esters is 1. The van der Waals surface area contributed by atoms with Gasteiger partial charge in [0.25, 0.3) is 5.91 Å². The molecule has 0 bridgehead atoms. The summed E-state index contributed by atoms with van der Waals surface area (Å²) < 4.78 is 6.13. The van der Waals surface area contributed by atoms with Gasteiger partial charge in [0.1, 0.15) is 11.2 Å². The number of rotatable bonds is 6. The SMILES string of the molecule is CC(C)[C@](C)(C#N)NC(=O)[C@H](C)OC(=O)c1cc(-c2ccc(Br)cc2)n[nH]1. The van der Waals surface area contributed by atoms with Crippen LogP contribution in [-0.4, -0.2) is 33.7 Å². The number of hydrogen-bond acceptors (Lipinski definition) is 5. The number of carbonyl (C=O) groups excluding carboxylic acids is 2. The fourth-order valence-corrected chi connectivity index (χ4v) is 2.40. The largest absolute Gasteiger partial charge is 0.448 e. The molecule has 1 amide bonds. The summed E-state index contributed by atoms with van der Waals surface area (Å²) in [5.74, 6) is -1.33. The highest BCUT2D eigenvalue weighted by Gasteiger charge is 2.32. The lowest BCUT2D eigenvalue weighted by atomic mass is 9.90. The number of benzene rings is 1. The number of amides is 1. The summed E-state index contributed by atoms with van der Waals surface area (Å²) in [6, 6.07) is 11.1. The van der Waals surface area contributed by atoms with E-state index in [9.17, 15) is 14.9 Å². The molecule has 2 atom stereocenters. The molecular weight excluding hydrogens is 412 g/mol. The third-order valence-corrected chi connectivity index (χ3v) is 4.89. The number of nitrogens with zero attached hydrogens (tertiary/aromatic N) is 2. The molecule has 7 nitrogen and oxygen atoms in total. The van der Waals surface area contributed by atoms with Gasteiger partial charge in [0.05, 0.1) is 11.8 Å². The molecule has 142 valence electrons. The van der Waals surface area contributed by atoms with Crippen LogP contribution in [0.1, 0.15) is 38.2 Å². The first-order valence-corrected chi connectivity index (χ1v) is 9.21. The Hall–Kier alpha value is -2.66. The number of halogens is 1. The van der Waals surface area contributed by atoms with Crippen LogP contribution in [0.15, 0.2) is 34.8 Å². The third-order valence-electron chi connectivity index (χ3n) is 4.36. The maximum absolute atomic E-state index is 12.3. The summed E-state index contributed by atoms with van der Waals surface area (Å²) in [6.45, 7) is 6.74. The van der Waals surface area contributed by atoms with Crippen LogP contribution in [0.5, 0.6) is 0 Å². The van der Waals surface area contributed by atoms with Gasteiger partial charge in [0.2, 0.25) is 0 Å². The van der Waals surface area contributed by atoms with Crippen LogP contribution >= 0.6 is 15.9 Å². The molecule has 0 aliphatic carbocycles. The number of aromatic nitrogens is 2. The molecule has 0 spiro atoms. The van der Waals surface area contributed by atoms with Gasteiger partial charge >= 0.3 is 5.97 Å². The van der Waals surface area contributed by atoms with E-state index in [2.05, 4.69) is 37.5 Å². The highest BCUT2D eigenvalue weighted by atomic mass is 79.9. The number of nitrogens with one attached hydrogen (secondary N) is 2. The lowest BCUT2D eigenvalue weighted by molar-refractivity contribution is -0.130. The van der Waals surface area contributed by atoms with E-state index in [-0.39, 0.29) is 11.6 Å². The molecule has 2 N–H and O–H groups in total. The van der Waals surface area contributed by atoms with Crippen LogP contribution in [-0.2, 0) is 9.53 Å². The highest BCUT2D eigenvalue weighted by Crippen LogP contribution is 2.21. The molecule has 1 aromatic carbocycles. The quantitative estimate of drug-likeness (QED) is 0.679. The standard InChI is InChI=1S/C19H21BrN4O3/c1-11(2)19(4,10-21)22-17(25)12(3)27-18(26)16-9-15(23-24-16)13-5-7-14(20)8-6-13/h5-9,11-12H,1-4H3,(H,22,25)(H,23,24)/t12-,19-/m0/s1. The molecule has 8 heteroatoms. The van der Waals surface area contributed by atoms with Crippen molar-refractivity contribution >= 4 is 27.8 Å². The fourth-order valence-electron chi connectivity index (χ4n) is 2.13. The van der Waals surface area contributed by atoms with Gasteiger partial charge in [-0.05, 0) is 38.0 Å². The van der Waals surface area contributed by atoms with Crippen LogP contribution in [0.2, 0.25) is 0 Å². The normalized spacial score (nSPS) is 14.1. The van der Waals surface area contributed by atoms with Crippen molar-refractivity contribution in [2.75, 3.05) is 0 Å². The summed E-state index contributed by atoms with van der Waals surface area (Å²) in [7, 11) is 0. The Morgan fingerprint density at radius 1 is 1.30 bits per heavy atom. The number of ether oxygens (including phenoxy) is 1. The molecule has 27 heavy (non-hydrogen) atoms. The van der Waals surface area contributed by atoms with E-state index in [0.717, 1.165) is 10.0 Å². The van der Waals surface area contributed by atoms with E-state index in [0.29, 0.717) is 5.69 Å². The Morgan fingerprint density at radius 3 is 2.48 bits per heavy atom. The number of hydrogen-bond donors (Lipinski definition) is 2. The second-order valence-electron chi connectivity index (χ2n) is 6.68. The van der Waals surface area contributed by atoms with E-state index in [1.165, 1.54) is 6.92 Å². The van der Waals surface area contributed by atoms with Crippen LogP contribution in [0, 0.1) is 17.2 Å². The average Bonchev–Trinajstić information content (AvgIpc) is 3.12. The van der Waals surface area contributed by atoms with Crippen molar-refractivity contribution in [3.8, 4) is 17.3 Å². The Kier molecular flexibility index (Phi) is 6.39. The smallest absolute Gasteiger partial charge is 0.357 e. The lowest BCUT2D eigenvalue weighted by Gasteiger charge is -2.28. The van der Waals surface area contributed by atoms with E-state index >= 15 is 0 Å². The van der Waals surface area contributed by atoms with Crippen LogP contribution in [0.3, 0.4) is 0 Å². The minimum absolute atomic E-state index is 0.101. The molecular formula is C19H21BrN4O3. The third kappa shape index (κ3) is 4.95. The Labute approximate surface area is 166 Å². The highest BCUT2D eigenvalue weighted by molar-refractivity contribution is 9.10. The number of H-pyrrole nitrogens is 1. The lowest BCUT2D eigenvalue weighted by Crippen LogP contribution is -2.52. The summed E-state index contributed by atoms with van der Waals surface area (Å²) in [6.07, 6.45) is -1.05. The maximum atomic E-state index is 12.3. The number of nitriles is 1. The number of carbonyl (C=O) groups is 2. The summed E-state index contributed by atoms with van der Waals surface area (Å²) in [5.41, 5.74) is 0.518. The molecule has 1 aromatic heterocycles. The van der Waals surface area contributed by atoms with Crippen molar-refractivity contribution in [1.82, 2.24) is 15.5 Å². The average molecular weight is 433 g/mol. The second-order valence-corrected chi connectivity index (χ2v) is 7.60. The zero-order valence-electron chi connectivity index (χ0n) is 15.5. The topological polar surface area (TPSA) is 108 Å². The van der Waals surface area contributed by atoms with Gasteiger partial charge in [-0.1, -0.05) is 41.9 Å². The monoisotopic (exact) mass is 432 g/mol. The summed E-state index contributed by atoms with van der Waals surface area (Å²) in [5, 5.41) is 18.6. The molecule has 0 aliphatic heterocycles. The zero-order chi connectivity index (χ0) is 20.2. The van der Waals surface area contributed by atoms with Crippen LogP contribution in [0.25, 0.3) is 11.3 Å². The molecule has 0 radical (unpaired) electrons. The number of aromatic amines is 1. The van der Waals surface area contributed by atoms with Gasteiger partial charge in [-0.3, -0.25) is 9.89 Å². The minimum atomic E-state index is -1.05. The molecule has 0 fully saturated rings. The first-order chi connectivity index (χ1) is 12.7. The zero-order valence-corrected chi connectivity index (χ0v) is 17.1. The van der Waals surface area contributed by atoms with Gasteiger partial charge in [-0.15, -0.1) is 0 Å². The van der Waals surface area contributed by atoms with E-state index in [4.69, 9.17) is 4.74 Å². The van der Waals surface area contributed by atoms with E-state index in [1.54, 1.807) is 13.0 Å². The Morgan fingerprint density at radius 2 is 1.93 bits per heavy atom. The van der Waals surface area contributed by atoms with Crippen molar-refractivity contribution in [1.29, 1.82) is 5.26 Å². The van der Waals surface area contributed by atoms with Gasteiger partial charge in [0.15, 0.2) is 6.10 Å². The maximum Gasteiger partial charge on any atom is 0.357 e. The molecule has 2 aromatic rings. The second kappa shape index (κ2) is 8.35. The van der Waals surface area contributed by atoms with Crippen LogP contribution < -0.4 is 5.32 Å². The van der Waals surface area contributed by atoms with Gasteiger partial charge in [0, 0.05) is 10.0 Å². The van der Waals surface area contributed by atoms with Crippen molar-refractivity contribution < 1.29 is 14.3 Å². The Balaban J connectivity index is 2.03. The van der Waals surface area contributed by atoms with E-state index in [1.807, 2.05) is 38.1 Å². The van der Waals surface area contributed by atoms with Crippen molar-refractivity contribution in [3.05, 3.63) is 40.5 Å². The molecule has 0 saturated carbocycles. The fraction of sp³-hybridized carbons (Fsp3) is 0.368.